The van der Waals surface area contributed by atoms with E-state index in [-0.39, 0.29) is 10.3 Å². The van der Waals surface area contributed by atoms with Crippen molar-refractivity contribution in [2.24, 2.45) is 11.1 Å². The molecule has 1 rings (SSSR count). The van der Waals surface area contributed by atoms with Crippen LogP contribution in [-0.2, 0) is 9.84 Å². The molecule has 0 saturated heterocycles. The zero-order chi connectivity index (χ0) is 14.5. The summed E-state index contributed by atoms with van der Waals surface area (Å²) in [4.78, 5) is 4.35. The van der Waals surface area contributed by atoms with Crippen LogP contribution in [0.1, 0.15) is 26.7 Å². The zero-order valence-corrected chi connectivity index (χ0v) is 12.6. The van der Waals surface area contributed by atoms with Crippen LogP contribution in [0.25, 0.3) is 0 Å². The minimum absolute atomic E-state index is 0.0215. The number of nitrogens with two attached hydrogens (primary N) is 1. The highest BCUT2D eigenvalue weighted by atomic mass is 32.2. The first-order chi connectivity index (χ1) is 8.88. The van der Waals surface area contributed by atoms with E-state index in [1.807, 2.05) is 0 Å². The molecule has 3 N–H and O–H groups in total. The number of sulfone groups is 1. The van der Waals surface area contributed by atoms with E-state index in [2.05, 4.69) is 24.1 Å². The Hall–Kier alpha value is -1.14. The fraction of sp³-hybridized carbons (Fsp3) is 0.615. The molecule has 0 atom stereocenters. The number of pyridine rings is 1. The Morgan fingerprint density at radius 1 is 1.37 bits per heavy atom. The molecule has 1 aromatic heterocycles. The van der Waals surface area contributed by atoms with Crippen molar-refractivity contribution in [2.45, 2.75) is 31.6 Å². The van der Waals surface area contributed by atoms with E-state index in [1.54, 1.807) is 18.3 Å². The van der Waals surface area contributed by atoms with Gasteiger partial charge in [-0.1, -0.05) is 13.8 Å². The normalized spacial score (nSPS) is 12.4. The minimum atomic E-state index is -3.28. The van der Waals surface area contributed by atoms with E-state index in [0.29, 0.717) is 18.9 Å². The highest BCUT2D eigenvalue weighted by Crippen LogP contribution is 2.26. The lowest BCUT2D eigenvalue weighted by atomic mass is 9.82. The molecule has 108 valence electrons. The Morgan fingerprint density at radius 2 is 2.00 bits per heavy atom. The average Bonchev–Trinajstić information content (AvgIpc) is 2.40. The molecule has 0 aromatic carbocycles. The molecular weight excluding hydrogens is 262 g/mol. The molecule has 5 nitrogen and oxygen atoms in total. The summed E-state index contributed by atoms with van der Waals surface area (Å²) in [7, 11) is -3.28. The number of hydrogen-bond donors (Lipinski definition) is 2. The van der Waals surface area contributed by atoms with Gasteiger partial charge in [-0.15, -0.1) is 0 Å². The van der Waals surface area contributed by atoms with E-state index in [1.165, 1.54) is 6.26 Å². The molecule has 0 saturated carbocycles. The lowest BCUT2D eigenvalue weighted by Gasteiger charge is -2.30. The summed E-state index contributed by atoms with van der Waals surface area (Å²) < 4.78 is 23.4. The fourth-order valence-electron chi connectivity index (χ4n) is 1.95. The Morgan fingerprint density at radius 3 is 2.47 bits per heavy atom. The van der Waals surface area contributed by atoms with Crippen LogP contribution in [0.4, 0.5) is 5.82 Å². The lowest BCUT2D eigenvalue weighted by Crippen LogP contribution is -2.36. The molecular formula is C13H23N3O2S. The van der Waals surface area contributed by atoms with Crippen molar-refractivity contribution in [2.75, 3.05) is 24.7 Å². The maximum absolute atomic E-state index is 11.7. The second kappa shape index (κ2) is 6.34. The van der Waals surface area contributed by atoms with E-state index in [4.69, 9.17) is 5.73 Å². The first-order valence-corrected chi connectivity index (χ1v) is 8.36. The van der Waals surface area contributed by atoms with Crippen molar-refractivity contribution >= 4 is 15.7 Å². The lowest BCUT2D eigenvalue weighted by molar-refractivity contribution is 0.294. The van der Waals surface area contributed by atoms with Gasteiger partial charge >= 0.3 is 0 Å². The highest BCUT2D eigenvalue weighted by Gasteiger charge is 2.25. The van der Waals surface area contributed by atoms with Gasteiger partial charge in [-0.05, 0) is 36.9 Å². The van der Waals surface area contributed by atoms with E-state index in [9.17, 15) is 8.42 Å². The molecule has 0 fully saturated rings. The molecule has 0 aliphatic carbocycles. The zero-order valence-electron chi connectivity index (χ0n) is 11.8. The highest BCUT2D eigenvalue weighted by molar-refractivity contribution is 7.90. The largest absolute Gasteiger partial charge is 0.368 e. The molecule has 0 bridgehead atoms. The van der Waals surface area contributed by atoms with Crippen LogP contribution in [-0.4, -0.2) is 32.7 Å². The molecule has 0 aliphatic heterocycles. The monoisotopic (exact) mass is 285 g/mol. The summed E-state index contributed by atoms with van der Waals surface area (Å²) in [6, 6.07) is 3.18. The Bertz CT molecular complexity index is 502. The molecule has 6 heteroatoms. The van der Waals surface area contributed by atoms with Crippen LogP contribution >= 0.6 is 0 Å². The summed E-state index contributed by atoms with van der Waals surface area (Å²) in [5.41, 5.74) is 5.82. The summed E-state index contributed by atoms with van der Waals surface area (Å²) in [6.45, 7) is 5.37. The summed E-state index contributed by atoms with van der Waals surface area (Å²) in [6.07, 6.45) is 4.64. The number of nitrogens with one attached hydrogen (secondary N) is 1. The second-order valence-electron chi connectivity index (χ2n) is 4.89. The maximum Gasteiger partial charge on any atom is 0.179 e. The van der Waals surface area contributed by atoms with Crippen molar-refractivity contribution in [1.29, 1.82) is 0 Å². The predicted molar refractivity (Wildman–Crippen MR) is 77.9 cm³/mol. The fourth-order valence-corrected chi connectivity index (χ4v) is 2.76. The van der Waals surface area contributed by atoms with E-state index < -0.39 is 9.84 Å². The molecule has 0 unspecified atom stereocenters. The third-order valence-corrected chi connectivity index (χ3v) is 4.86. The average molecular weight is 285 g/mol. The van der Waals surface area contributed by atoms with Gasteiger partial charge in [0.15, 0.2) is 9.84 Å². The van der Waals surface area contributed by atoms with E-state index in [0.717, 1.165) is 12.8 Å². The smallest absolute Gasteiger partial charge is 0.179 e. The molecule has 0 radical (unpaired) electrons. The van der Waals surface area contributed by atoms with Crippen LogP contribution in [0.3, 0.4) is 0 Å². The summed E-state index contributed by atoms with van der Waals surface area (Å²) in [5, 5.41) is 3.14. The molecule has 0 spiro atoms. The van der Waals surface area contributed by atoms with Gasteiger partial charge < -0.3 is 11.1 Å². The third kappa shape index (κ3) is 3.91. The molecule has 1 heterocycles. The topological polar surface area (TPSA) is 85.1 Å². The SMILES string of the molecule is CCC(CC)(CN)CNc1ncccc1S(C)(=O)=O. The molecule has 0 amide bonds. The van der Waals surface area contributed by atoms with Crippen molar-refractivity contribution < 1.29 is 8.42 Å². The number of anilines is 1. The number of nitrogens with zero attached hydrogens (tertiary/aromatic N) is 1. The first-order valence-electron chi connectivity index (χ1n) is 6.47. The van der Waals surface area contributed by atoms with Gasteiger partial charge in [-0.2, -0.15) is 0 Å². The summed E-state index contributed by atoms with van der Waals surface area (Å²) in [5.74, 6) is 0.407. The van der Waals surface area contributed by atoms with Gasteiger partial charge in [-0.25, -0.2) is 13.4 Å². The van der Waals surface area contributed by atoms with Crippen LogP contribution in [0.5, 0.6) is 0 Å². The molecule has 19 heavy (non-hydrogen) atoms. The van der Waals surface area contributed by atoms with Gasteiger partial charge in [-0.3, -0.25) is 0 Å². The standard InChI is InChI=1S/C13H23N3O2S/c1-4-13(5-2,9-14)10-16-12-11(19(3,17)18)7-6-8-15-12/h6-8H,4-5,9-10,14H2,1-3H3,(H,15,16). The van der Waals surface area contributed by atoms with Gasteiger partial charge in [0.25, 0.3) is 0 Å². The van der Waals surface area contributed by atoms with Crippen molar-refractivity contribution in [3.8, 4) is 0 Å². The van der Waals surface area contributed by atoms with Crippen LogP contribution in [0.15, 0.2) is 23.2 Å². The van der Waals surface area contributed by atoms with Gasteiger partial charge in [0.1, 0.15) is 10.7 Å². The van der Waals surface area contributed by atoms with E-state index >= 15 is 0 Å². The predicted octanol–water partition coefficient (Wildman–Crippen LogP) is 1.66. The molecule has 1 aromatic rings. The summed E-state index contributed by atoms with van der Waals surface area (Å²) >= 11 is 0. The Kier molecular flexibility index (Phi) is 5.31. The van der Waals surface area contributed by atoms with Crippen LogP contribution < -0.4 is 11.1 Å². The Labute approximate surface area is 115 Å². The van der Waals surface area contributed by atoms with Gasteiger partial charge in [0.2, 0.25) is 0 Å². The minimum Gasteiger partial charge on any atom is -0.368 e. The molecule has 0 aliphatic rings. The van der Waals surface area contributed by atoms with Crippen molar-refractivity contribution in [3.05, 3.63) is 18.3 Å². The number of rotatable bonds is 7. The Balaban J connectivity index is 2.96. The number of hydrogen-bond acceptors (Lipinski definition) is 5. The maximum atomic E-state index is 11.7. The second-order valence-corrected chi connectivity index (χ2v) is 6.87. The quantitative estimate of drug-likeness (QED) is 0.796. The van der Waals surface area contributed by atoms with Crippen molar-refractivity contribution in [1.82, 2.24) is 4.98 Å². The van der Waals surface area contributed by atoms with Gasteiger partial charge in [0.05, 0.1) is 0 Å². The van der Waals surface area contributed by atoms with Crippen LogP contribution in [0.2, 0.25) is 0 Å². The first kappa shape index (κ1) is 15.9. The van der Waals surface area contributed by atoms with Gasteiger partial charge in [0, 0.05) is 19.0 Å². The number of aromatic nitrogens is 1. The van der Waals surface area contributed by atoms with Crippen molar-refractivity contribution in [3.63, 3.8) is 0 Å². The van der Waals surface area contributed by atoms with Crippen LogP contribution in [0, 0.1) is 5.41 Å². The third-order valence-electron chi connectivity index (χ3n) is 3.73.